The second kappa shape index (κ2) is 5.43. The third-order valence-corrected chi connectivity index (χ3v) is 4.18. The Labute approximate surface area is 116 Å². The van der Waals surface area contributed by atoms with Crippen LogP contribution in [0.1, 0.15) is 36.5 Å². The quantitative estimate of drug-likeness (QED) is 0.795. The minimum absolute atomic E-state index is 0.000611. The average Bonchev–Trinajstić information content (AvgIpc) is 2.87. The Balaban J connectivity index is 1.90. The number of hydrogen-bond acceptors (Lipinski definition) is 5. The van der Waals surface area contributed by atoms with Crippen molar-refractivity contribution in [3.8, 4) is 11.5 Å². The number of hydrogen-bond donors (Lipinski definition) is 0. The first-order valence-corrected chi connectivity index (χ1v) is 7.46. The molecule has 1 saturated heterocycles. The lowest BCUT2D eigenvalue weighted by Gasteiger charge is -2.24. The molecule has 0 amide bonds. The van der Waals surface area contributed by atoms with Gasteiger partial charge in [0.25, 0.3) is 0 Å². The standard InChI is InChI=1S/C14H16O4S/c1-9(15)13-10(18-12-4-2-3-7-16-12)5-6-11-14(13)19-8-17-11/h5-6,12H,2-4,7-8H2,1H3. The van der Waals surface area contributed by atoms with Gasteiger partial charge in [-0.2, -0.15) is 0 Å². The van der Waals surface area contributed by atoms with E-state index in [0.717, 1.165) is 36.5 Å². The van der Waals surface area contributed by atoms with Crippen molar-refractivity contribution in [2.24, 2.45) is 0 Å². The molecule has 0 aliphatic carbocycles. The van der Waals surface area contributed by atoms with Crippen molar-refractivity contribution in [1.29, 1.82) is 0 Å². The monoisotopic (exact) mass is 280 g/mol. The predicted molar refractivity (Wildman–Crippen MR) is 72.0 cm³/mol. The van der Waals surface area contributed by atoms with Gasteiger partial charge < -0.3 is 14.2 Å². The van der Waals surface area contributed by atoms with E-state index in [9.17, 15) is 4.79 Å². The second-order valence-electron chi connectivity index (χ2n) is 4.64. The Kier molecular flexibility index (Phi) is 3.66. The summed E-state index contributed by atoms with van der Waals surface area (Å²) < 4.78 is 16.9. The van der Waals surface area contributed by atoms with Crippen LogP contribution in [0.15, 0.2) is 17.0 Å². The molecule has 1 aromatic rings. The van der Waals surface area contributed by atoms with Crippen LogP contribution in [0.2, 0.25) is 0 Å². The summed E-state index contributed by atoms with van der Waals surface area (Å²) in [7, 11) is 0. The molecule has 1 aromatic carbocycles. The number of rotatable bonds is 3. The SMILES string of the molecule is CC(=O)c1c(OC2CCCCO2)ccc2c1SCO2. The molecule has 2 aliphatic heterocycles. The third kappa shape index (κ3) is 2.58. The topological polar surface area (TPSA) is 44.8 Å². The molecule has 2 heterocycles. The first-order valence-electron chi connectivity index (χ1n) is 6.47. The number of Topliss-reactive ketones (excluding diaryl/α,β-unsaturated/α-hetero) is 1. The number of carbonyl (C=O) groups is 1. The van der Waals surface area contributed by atoms with Gasteiger partial charge in [0.05, 0.1) is 17.1 Å². The molecule has 1 atom stereocenters. The fraction of sp³-hybridized carbons (Fsp3) is 0.500. The van der Waals surface area contributed by atoms with Crippen molar-refractivity contribution in [2.45, 2.75) is 37.4 Å². The first kappa shape index (κ1) is 12.8. The van der Waals surface area contributed by atoms with Gasteiger partial charge in [0.2, 0.25) is 0 Å². The van der Waals surface area contributed by atoms with Crippen LogP contribution in [-0.2, 0) is 4.74 Å². The van der Waals surface area contributed by atoms with Crippen LogP contribution in [0.4, 0.5) is 0 Å². The van der Waals surface area contributed by atoms with Crippen LogP contribution in [-0.4, -0.2) is 24.6 Å². The smallest absolute Gasteiger partial charge is 0.199 e. The Morgan fingerprint density at radius 1 is 1.42 bits per heavy atom. The van der Waals surface area contributed by atoms with Crippen LogP contribution in [0, 0.1) is 0 Å². The molecule has 0 spiro atoms. The summed E-state index contributed by atoms with van der Waals surface area (Å²) in [5.41, 5.74) is 0.620. The zero-order valence-electron chi connectivity index (χ0n) is 10.8. The molecule has 19 heavy (non-hydrogen) atoms. The molecule has 5 heteroatoms. The highest BCUT2D eigenvalue weighted by molar-refractivity contribution is 7.99. The van der Waals surface area contributed by atoms with E-state index in [0.29, 0.717) is 17.3 Å². The van der Waals surface area contributed by atoms with Gasteiger partial charge in [-0.05, 0) is 31.9 Å². The number of carbonyl (C=O) groups excluding carboxylic acids is 1. The Morgan fingerprint density at radius 3 is 3.05 bits per heavy atom. The van der Waals surface area contributed by atoms with E-state index < -0.39 is 0 Å². The minimum Gasteiger partial charge on any atom is -0.481 e. The predicted octanol–water partition coefficient (Wildman–Crippen LogP) is 3.24. The lowest BCUT2D eigenvalue weighted by Crippen LogP contribution is -2.25. The van der Waals surface area contributed by atoms with E-state index in [1.54, 1.807) is 13.0 Å². The van der Waals surface area contributed by atoms with Crippen molar-refractivity contribution in [3.63, 3.8) is 0 Å². The van der Waals surface area contributed by atoms with Gasteiger partial charge >= 0.3 is 0 Å². The number of fused-ring (bicyclic) bond motifs is 1. The molecule has 0 aromatic heterocycles. The van der Waals surface area contributed by atoms with Gasteiger partial charge in [-0.15, -0.1) is 0 Å². The van der Waals surface area contributed by atoms with Crippen molar-refractivity contribution in [2.75, 3.05) is 12.5 Å². The van der Waals surface area contributed by atoms with Crippen molar-refractivity contribution in [3.05, 3.63) is 17.7 Å². The lowest BCUT2D eigenvalue weighted by molar-refractivity contribution is -0.106. The van der Waals surface area contributed by atoms with Gasteiger partial charge in [0.15, 0.2) is 12.1 Å². The third-order valence-electron chi connectivity index (χ3n) is 3.25. The molecular weight excluding hydrogens is 264 g/mol. The van der Waals surface area contributed by atoms with Gasteiger partial charge in [0, 0.05) is 6.42 Å². The normalized spacial score (nSPS) is 21.6. The molecule has 0 radical (unpaired) electrons. The van der Waals surface area contributed by atoms with Crippen LogP contribution >= 0.6 is 11.8 Å². The molecule has 2 aliphatic rings. The summed E-state index contributed by atoms with van der Waals surface area (Å²) in [5.74, 6) is 1.93. The van der Waals surface area contributed by atoms with E-state index in [1.165, 1.54) is 11.8 Å². The fourth-order valence-electron chi connectivity index (χ4n) is 2.33. The lowest BCUT2D eigenvalue weighted by atomic mass is 10.1. The Morgan fingerprint density at radius 2 is 2.32 bits per heavy atom. The number of thioether (sulfide) groups is 1. The average molecular weight is 280 g/mol. The molecule has 0 N–H and O–H groups in total. The zero-order chi connectivity index (χ0) is 13.2. The maximum Gasteiger partial charge on any atom is 0.199 e. The summed E-state index contributed by atoms with van der Waals surface area (Å²) in [5, 5.41) is 0. The number of benzene rings is 1. The van der Waals surface area contributed by atoms with Crippen LogP contribution in [0.25, 0.3) is 0 Å². The molecule has 3 rings (SSSR count). The van der Waals surface area contributed by atoms with Crippen molar-refractivity contribution in [1.82, 2.24) is 0 Å². The summed E-state index contributed by atoms with van der Waals surface area (Å²) in [6, 6.07) is 3.67. The summed E-state index contributed by atoms with van der Waals surface area (Å²) in [6.45, 7) is 2.28. The minimum atomic E-state index is -0.239. The van der Waals surface area contributed by atoms with Gasteiger partial charge in [-0.3, -0.25) is 4.79 Å². The molecule has 4 nitrogen and oxygen atoms in total. The molecule has 102 valence electrons. The zero-order valence-corrected chi connectivity index (χ0v) is 11.6. The summed E-state index contributed by atoms with van der Waals surface area (Å²) in [6.07, 6.45) is 2.81. The van der Waals surface area contributed by atoms with Crippen LogP contribution in [0.5, 0.6) is 11.5 Å². The van der Waals surface area contributed by atoms with E-state index in [-0.39, 0.29) is 12.1 Å². The highest BCUT2D eigenvalue weighted by Gasteiger charge is 2.25. The highest BCUT2D eigenvalue weighted by Crippen LogP contribution is 2.43. The molecule has 0 saturated carbocycles. The van der Waals surface area contributed by atoms with Gasteiger partial charge in [-0.1, -0.05) is 11.8 Å². The number of ether oxygens (including phenoxy) is 3. The fourth-order valence-corrected chi connectivity index (χ4v) is 3.29. The highest BCUT2D eigenvalue weighted by atomic mass is 32.2. The van der Waals surface area contributed by atoms with E-state index in [4.69, 9.17) is 14.2 Å². The summed E-state index contributed by atoms with van der Waals surface area (Å²) >= 11 is 1.54. The van der Waals surface area contributed by atoms with E-state index in [1.807, 2.05) is 6.07 Å². The molecule has 1 fully saturated rings. The summed E-state index contributed by atoms with van der Waals surface area (Å²) in [4.78, 5) is 12.8. The molecule has 1 unspecified atom stereocenters. The van der Waals surface area contributed by atoms with Crippen molar-refractivity contribution < 1.29 is 19.0 Å². The molecular formula is C14H16O4S. The maximum absolute atomic E-state index is 11.9. The van der Waals surface area contributed by atoms with Crippen molar-refractivity contribution >= 4 is 17.5 Å². The van der Waals surface area contributed by atoms with Gasteiger partial charge in [-0.25, -0.2) is 0 Å². The number of ketones is 1. The second-order valence-corrected chi connectivity index (χ2v) is 5.58. The van der Waals surface area contributed by atoms with Gasteiger partial charge in [0.1, 0.15) is 17.4 Å². The Hall–Kier alpha value is -1.20. The van der Waals surface area contributed by atoms with E-state index >= 15 is 0 Å². The maximum atomic E-state index is 11.9. The van der Waals surface area contributed by atoms with Crippen LogP contribution < -0.4 is 9.47 Å². The van der Waals surface area contributed by atoms with Crippen LogP contribution in [0.3, 0.4) is 0 Å². The Bertz CT molecular complexity index is 494. The first-order chi connectivity index (χ1) is 9.25. The van der Waals surface area contributed by atoms with E-state index in [2.05, 4.69) is 0 Å². The molecule has 0 bridgehead atoms. The largest absolute Gasteiger partial charge is 0.481 e.